The first kappa shape index (κ1) is 31.7. The lowest BCUT2D eigenvalue weighted by Crippen LogP contribution is -2.53. The number of anilines is 1. The zero-order valence-corrected chi connectivity index (χ0v) is 25.7. The largest absolute Gasteiger partial charge is 0.489 e. The van der Waals surface area contributed by atoms with Crippen molar-refractivity contribution in [1.29, 1.82) is 0 Å². The Morgan fingerprint density at radius 1 is 0.909 bits per heavy atom. The average Bonchev–Trinajstić information content (AvgIpc) is 3.03. The number of piperidine rings is 2. The van der Waals surface area contributed by atoms with Gasteiger partial charge in [0.2, 0.25) is 21.8 Å². The topological polar surface area (TPSA) is 137 Å². The van der Waals surface area contributed by atoms with Gasteiger partial charge in [0, 0.05) is 38.4 Å². The maximum atomic E-state index is 13.5. The number of benzene rings is 2. The third-order valence-electron chi connectivity index (χ3n) is 8.43. The number of hydrogen-bond donors (Lipinski definition) is 3. The fourth-order valence-corrected chi connectivity index (χ4v) is 7.62. The van der Waals surface area contributed by atoms with E-state index in [4.69, 9.17) is 4.74 Å². The Balaban J connectivity index is 1.20. The van der Waals surface area contributed by atoms with Crippen molar-refractivity contribution in [2.75, 3.05) is 57.7 Å². The molecule has 2 fully saturated rings. The Labute approximate surface area is 259 Å². The van der Waals surface area contributed by atoms with Gasteiger partial charge in [-0.1, -0.05) is 30.7 Å². The highest BCUT2D eigenvalue weighted by molar-refractivity contribution is 7.89. The second kappa shape index (κ2) is 14.4. The number of sulfonamides is 1. The molecule has 3 aliphatic rings. The summed E-state index contributed by atoms with van der Waals surface area (Å²) in [6, 6.07) is 13.4. The van der Waals surface area contributed by atoms with Gasteiger partial charge in [-0.05, 0) is 75.0 Å². The second-order valence-electron chi connectivity index (χ2n) is 11.6. The zero-order chi connectivity index (χ0) is 31.0. The van der Waals surface area contributed by atoms with Crippen LogP contribution in [0.4, 0.5) is 5.69 Å². The lowest BCUT2D eigenvalue weighted by Gasteiger charge is -2.41. The Kier molecular flexibility index (Phi) is 10.3. The average molecular weight is 624 g/mol. The van der Waals surface area contributed by atoms with E-state index in [1.54, 1.807) is 30.3 Å². The van der Waals surface area contributed by atoms with Gasteiger partial charge in [0.05, 0.1) is 22.4 Å². The molecule has 12 heteroatoms. The number of amides is 3. The highest BCUT2D eigenvalue weighted by Gasteiger charge is 2.41. The molecular weight excluding hydrogens is 582 g/mol. The standard InChI is InChI=1S/C32H41N5O6S/c38-29(35-25-11-13-26(14-12-25)44(41,42)37-20-5-1-6-21-37)23-36-19-8-16-32(24-36)15-4-7-22-43-28-10-3-2-9-27(28)30(39)33-17-18-34-31(32)40/h2-4,7,9-14H,1,5-6,8,15-24H2,(H,33,39)(H,34,40)(H,35,38)/b7-4-. The number of carbonyl (C=O) groups is 3. The van der Waals surface area contributed by atoms with Gasteiger partial charge in [0.15, 0.2) is 0 Å². The lowest BCUT2D eigenvalue weighted by atomic mass is 9.76. The fourth-order valence-electron chi connectivity index (χ4n) is 6.10. The molecule has 1 atom stereocenters. The lowest BCUT2D eigenvalue weighted by molar-refractivity contribution is -0.135. The zero-order valence-electron chi connectivity index (χ0n) is 24.9. The molecular formula is C32H41N5O6S. The van der Waals surface area contributed by atoms with Crippen LogP contribution in [0.15, 0.2) is 65.6 Å². The van der Waals surface area contributed by atoms with Gasteiger partial charge in [-0.3, -0.25) is 19.3 Å². The van der Waals surface area contributed by atoms with Crippen molar-refractivity contribution in [1.82, 2.24) is 19.8 Å². The Morgan fingerprint density at radius 3 is 2.45 bits per heavy atom. The molecule has 0 saturated carbocycles. The molecule has 3 amide bonds. The van der Waals surface area contributed by atoms with Crippen molar-refractivity contribution in [2.45, 2.75) is 43.4 Å². The molecule has 11 nitrogen and oxygen atoms in total. The van der Waals surface area contributed by atoms with Gasteiger partial charge in [-0.25, -0.2) is 8.42 Å². The summed E-state index contributed by atoms with van der Waals surface area (Å²) in [4.78, 5) is 41.4. The molecule has 2 saturated heterocycles. The summed E-state index contributed by atoms with van der Waals surface area (Å²) in [6.45, 7) is 3.05. The fraction of sp³-hybridized carbons (Fsp3) is 0.469. The van der Waals surface area contributed by atoms with E-state index in [9.17, 15) is 22.8 Å². The quantitative estimate of drug-likeness (QED) is 0.436. The van der Waals surface area contributed by atoms with Crippen LogP contribution >= 0.6 is 0 Å². The van der Waals surface area contributed by atoms with Crippen molar-refractivity contribution in [3.05, 3.63) is 66.2 Å². The van der Waals surface area contributed by atoms with Gasteiger partial charge in [-0.2, -0.15) is 4.31 Å². The normalized spacial score (nSPS) is 23.4. The molecule has 1 unspecified atom stereocenters. The third kappa shape index (κ3) is 7.66. The summed E-state index contributed by atoms with van der Waals surface area (Å²) in [7, 11) is -3.54. The van der Waals surface area contributed by atoms with Crippen LogP contribution in [0.5, 0.6) is 5.75 Å². The molecule has 3 heterocycles. The number of fused-ring (bicyclic) bond motifs is 1. The molecule has 2 aromatic carbocycles. The number of nitrogens with zero attached hydrogens (tertiary/aromatic N) is 2. The Bertz CT molecular complexity index is 1470. The van der Waals surface area contributed by atoms with Crippen molar-refractivity contribution in [3.8, 4) is 5.75 Å². The number of nitrogens with one attached hydrogen (secondary N) is 3. The summed E-state index contributed by atoms with van der Waals surface area (Å²) in [6.07, 6.45) is 8.48. The molecule has 2 aromatic rings. The summed E-state index contributed by atoms with van der Waals surface area (Å²) < 4.78 is 33.3. The van der Waals surface area contributed by atoms with E-state index in [1.165, 1.54) is 16.4 Å². The predicted octanol–water partition coefficient (Wildman–Crippen LogP) is 2.77. The van der Waals surface area contributed by atoms with Gasteiger partial charge in [0.25, 0.3) is 5.91 Å². The van der Waals surface area contributed by atoms with Crippen LogP contribution < -0.4 is 20.7 Å². The van der Waals surface area contributed by atoms with Gasteiger partial charge in [-0.15, -0.1) is 0 Å². The number of hydrogen-bond acceptors (Lipinski definition) is 7. The van der Waals surface area contributed by atoms with E-state index < -0.39 is 15.4 Å². The van der Waals surface area contributed by atoms with Crippen molar-refractivity contribution in [2.24, 2.45) is 5.41 Å². The van der Waals surface area contributed by atoms with E-state index in [2.05, 4.69) is 16.0 Å². The molecule has 0 aromatic heterocycles. The SMILES string of the molecule is O=C(CN1CCCC2(C/C=C\COc3ccccc3C(=O)NCCNC2=O)C1)Nc1ccc(S(=O)(=O)N2CCCCC2)cc1. The molecule has 44 heavy (non-hydrogen) atoms. The first-order valence-corrected chi connectivity index (χ1v) is 16.8. The molecule has 3 aliphatic heterocycles. The van der Waals surface area contributed by atoms with E-state index in [0.29, 0.717) is 56.0 Å². The molecule has 0 bridgehead atoms. The number of rotatable bonds is 5. The van der Waals surface area contributed by atoms with Crippen LogP contribution in [-0.2, 0) is 19.6 Å². The first-order chi connectivity index (χ1) is 21.3. The molecule has 1 spiro atoms. The highest BCUT2D eigenvalue weighted by Crippen LogP contribution is 2.34. The third-order valence-corrected chi connectivity index (χ3v) is 10.3. The van der Waals surface area contributed by atoms with Gasteiger partial charge < -0.3 is 20.7 Å². The van der Waals surface area contributed by atoms with E-state index >= 15 is 0 Å². The second-order valence-corrected chi connectivity index (χ2v) is 13.6. The Hall–Kier alpha value is -3.74. The van der Waals surface area contributed by atoms with E-state index in [-0.39, 0.29) is 48.9 Å². The van der Waals surface area contributed by atoms with Crippen LogP contribution in [0, 0.1) is 5.41 Å². The predicted molar refractivity (Wildman–Crippen MR) is 167 cm³/mol. The van der Waals surface area contributed by atoms with Gasteiger partial charge in [0.1, 0.15) is 12.4 Å². The summed E-state index contributed by atoms with van der Waals surface area (Å²) in [5.41, 5.74) is 0.230. The highest BCUT2D eigenvalue weighted by atomic mass is 32.2. The molecule has 5 rings (SSSR count). The monoisotopic (exact) mass is 623 g/mol. The smallest absolute Gasteiger partial charge is 0.255 e. The number of carbonyl (C=O) groups excluding carboxylic acids is 3. The van der Waals surface area contributed by atoms with Crippen LogP contribution in [0.2, 0.25) is 0 Å². The minimum atomic E-state index is -3.54. The maximum Gasteiger partial charge on any atom is 0.255 e. The molecule has 3 N–H and O–H groups in total. The summed E-state index contributed by atoms with van der Waals surface area (Å²) in [5, 5.41) is 8.71. The number of likely N-dealkylation sites (tertiary alicyclic amines) is 1. The number of ether oxygens (including phenoxy) is 1. The maximum absolute atomic E-state index is 13.5. The van der Waals surface area contributed by atoms with E-state index in [1.807, 2.05) is 23.1 Å². The van der Waals surface area contributed by atoms with E-state index in [0.717, 1.165) is 25.7 Å². The summed E-state index contributed by atoms with van der Waals surface area (Å²) >= 11 is 0. The molecule has 0 aliphatic carbocycles. The molecule has 236 valence electrons. The van der Waals surface area contributed by atoms with Crippen molar-refractivity contribution in [3.63, 3.8) is 0 Å². The Morgan fingerprint density at radius 2 is 1.66 bits per heavy atom. The van der Waals surface area contributed by atoms with Gasteiger partial charge >= 0.3 is 0 Å². The summed E-state index contributed by atoms with van der Waals surface area (Å²) in [5.74, 6) is -0.108. The van der Waals surface area contributed by atoms with Crippen LogP contribution in [0.3, 0.4) is 0 Å². The van der Waals surface area contributed by atoms with Crippen LogP contribution in [0.1, 0.15) is 48.9 Å². The number of allylic oxidation sites excluding steroid dienone is 1. The van der Waals surface area contributed by atoms with Crippen LogP contribution in [0.25, 0.3) is 0 Å². The first-order valence-electron chi connectivity index (χ1n) is 15.3. The van der Waals surface area contributed by atoms with Crippen molar-refractivity contribution < 1.29 is 27.5 Å². The minimum absolute atomic E-state index is 0.0997. The van der Waals surface area contributed by atoms with Crippen molar-refractivity contribution >= 4 is 33.4 Å². The van der Waals surface area contributed by atoms with Crippen LogP contribution in [-0.4, -0.2) is 87.8 Å². The molecule has 0 radical (unpaired) electrons. The minimum Gasteiger partial charge on any atom is -0.489 e. The number of para-hydroxylation sites is 1.